The average Bonchev–Trinajstić information content (AvgIpc) is 3.22. The number of benzene rings is 2. The Kier molecular flexibility index (Phi) is 8.06. The van der Waals surface area contributed by atoms with Crippen molar-refractivity contribution in [3.63, 3.8) is 0 Å². The van der Waals surface area contributed by atoms with Crippen molar-refractivity contribution in [2.75, 3.05) is 13.1 Å². The molecule has 2 N–H and O–H groups in total. The highest BCUT2D eigenvalue weighted by molar-refractivity contribution is 6.27. The SMILES string of the molecule is CCCN(CCC)C1CCc2ccccc2C1c1cc2ccccc2o1.O=C(O)C(=O)O. The molecule has 6 heteroatoms. The van der Waals surface area contributed by atoms with E-state index in [4.69, 9.17) is 24.2 Å². The fraction of sp³-hybridized carbons (Fsp3) is 0.385. The Labute approximate surface area is 188 Å². The Balaban J connectivity index is 0.000000427. The van der Waals surface area contributed by atoms with Gasteiger partial charge in [0.15, 0.2) is 0 Å². The maximum atomic E-state index is 9.10. The van der Waals surface area contributed by atoms with Crippen LogP contribution in [0.2, 0.25) is 0 Å². The van der Waals surface area contributed by atoms with E-state index in [9.17, 15) is 0 Å². The highest BCUT2D eigenvalue weighted by Crippen LogP contribution is 2.41. The van der Waals surface area contributed by atoms with E-state index in [2.05, 4.69) is 73.3 Å². The quantitative estimate of drug-likeness (QED) is 0.518. The van der Waals surface area contributed by atoms with Crippen molar-refractivity contribution in [2.24, 2.45) is 0 Å². The van der Waals surface area contributed by atoms with Gasteiger partial charge in [0.05, 0.1) is 5.92 Å². The zero-order valence-electron chi connectivity index (χ0n) is 18.7. The molecular formula is C26H31NO5. The van der Waals surface area contributed by atoms with Crippen molar-refractivity contribution in [1.29, 1.82) is 0 Å². The Morgan fingerprint density at radius 1 is 0.969 bits per heavy atom. The Morgan fingerprint density at radius 2 is 1.59 bits per heavy atom. The van der Waals surface area contributed by atoms with E-state index in [-0.39, 0.29) is 0 Å². The number of rotatable bonds is 6. The number of para-hydroxylation sites is 1. The molecule has 170 valence electrons. The molecule has 0 spiro atoms. The van der Waals surface area contributed by atoms with Gasteiger partial charge < -0.3 is 14.6 Å². The van der Waals surface area contributed by atoms with Crippen LogP contribution in [0.1, 0.15) is 55.9 Å². The predicted molar refractivity (Wildman–Crippen MR) is 124 cm³/mol. The molecule has 0 fully saturated rings. The minimum Gasteiger partial charge on any atom is -0.473 e. The standard InChI is InChI=1S/C24H29NO.C2H2O4/c1-3-15-25(16-4-2)21-14-13-18-9-5-7-11-20(18)24(21)23-17-19-10-6-8-12-22(19)26-23;3-1(4)2(5)6/h5-12,17,21,24H,3-4,13-16H2,1-2H3;(H,3,4)(H,5,6). The van der Waals surface area contributed by atoms with E-state index in [0.29, 0.717) is 12.0 Å². The number of furan rings is 1. The highest BCUT2D eigenvalue weighted by Gasteiger charge is 2.36. The summed E-state index contributed by atoms with van der Waals surface area (Å²) in [5, 5.41) is 16.0. The third kappa shape index (κ3) is 5.37. The lowest BCUT2D eigenvalue weighted by atomic mass is 9.77. The van der Waals surface area contributed by atoms with Gasteiger partial charge in [-0.05, 0) is 62.0 Å². The molecule has 3 aromatic rings. The second kappa shape index (κ2) is 11.0. The summed E-state index contributed by atoms with van der Waals surface area (Å²) in [7, 11) is 0. The van der Waals surface area contributed by atoms with Crippen LogP contribution in [0.25, 0.3) is 11.0 Å². The molecule has 0 bridgehead atoms. The number of aliphatic carboxylic acids is 2. The summed E-state index contributed by atoms with van der Waals surface area (Å²) in [4.78, 5) is 20.9. The molecule has 0 saturated heterocycles. The average molecular weight is 438 g/mol. The molecule has 2 unspecified atom stereocenters. The first-order chi connectivity index (χ1) is 15.5. The van der Waals surface area contributed by atoms with Crippen molar-refractivity contribution in [2.45, 2.75) is 51.5 Å². The Morgan fingerprint density at radius 3 is 2.22 bits per heavy atom. The van der Waals surface area contributed by atoms with Gasteiger partial charge in [0.2, 0.25) is 0 Å². The maximum Gasteiger partial charge on any atom is 0.414 e. The van der Waals surface area contributed by atoms with Gasteiger partial charge in [-0.3, -0.25) is 4.90 Å². The minimum absolute atomic E-state index is 0.324. The first-order valence-electron chi connectivity index (χ1n) is 11.2. The van der Waals surface area contributed by atoms with Gasteiger partial charge in [0, 0.05) is 11.4 Å². The molecule has 0 radical (unpaired) electrons. The van der Waals surface area contributed by atoms with E-state index in [1.807, 2.05) is 0 Å². The van der Waals surface area contributed by atoms with Gasteiger partial charge in [-0.1, -0.05) is 56.3 Å². The van der Waals surface area contributed by atoms with Crippen LogP contribution >= 0.6 is 0 Å². The molecule has 1 aliphatic rings. The molecule has 1 heterocycles. The molecule has 4 rings (SSSR count). The number of carboxylic acid groups (broad SMARTS) is 2. The van der Waals surface area contributed by atoms with Crippen molar-refractivity contribution in [1.82, 2.24) is 4.90 Å². The monoisotopic (exact) mass is 437 g/mol. The molecule has 0 amide bonds. The highest BCUT2D eigenvalue weighted by atomic mass is 16.4. The minimum atomic E-state index is -1.82. The third-order valence-electron chi connectivity index (χ3n) is 5.91. The number of carbonyl (C=O) groups is 2. The lowest BCUT2D eigenvalue weighted by molar-refractivity contribution is -0.159. The molecule has 0 saturated carbocycles. The fourth-order valence-electron chi connectivity index (χ4n) is 4.65. The Bertz CT molecular complexity index is 1010. The van der Waals surface area contributed by atoms with Crippen LogP contribution in [0.15, 0.2) is 59.0 Å². The molecule has 1 aliphatic carbocycles. The molecule has 32 heavy (non-hydrogen) atoms. The van der Waals surface area contributed by atoms with Crippen molar-refractivity contribution in [3.8, 4) is 0 Å². The lowest BCUT2D eigenvalue weighted by Crippen LogP contribution is -2.43. The first-order valence-corrected chi connectivity index (χ1v) is 11.2. The van der Waals surface area contributed by atoms with Crippen molar-refractivity contribution in [3.05, 3.63) is 71.5 Å². The molecule has 2 aromatic carbocycles. The Hall–Kier alpha value is -3.12. The van der Waals surface area contributed by atoms with E-state index >= 15 is 0 Å². The predicted octanol–water partition coefficient (Wildman–Crippen LogP) is 5.16. The number of aryl methyl sites for hydroxylation is 1. The van der Waals surface area contributed by atoms with E-state index in [0.717, 1.165) is 24.4 Å². The third-order valence-corrected chi connectivity index (χ3v) is 5.91. The van der Waals surface area contributed by atoms with Crippen molar-refractivity contribution >= 4 is 22.9 Å². The first kappa shape index (κ1) is 23.5. The largest absolute Gasteiger partial charge is 0.473 e. The number of hydrogen-bond donors (Lipinski definition) is 2. The molecular weight excluding hydrogens is 406 g/mol. The van der Waals surface area contributed by atoms with Crippen LogP contribution in [0.3, 0.4) is 0 Å². The van der Waals surface area contributed by atoms with Crippen LogP contribution in [-0.2, 0) is 16.0 Å². The fourth-order valence-corrected chi connectivity index (χ4v) is 4.65. The molecule has 2 atom stereocenters. The van der Waals surface area contributed by atoms with Gasteiger partial charge in [-0.15, -0.1) is 0 Å². The second-order valence-corrected chi connectivity index (χ2v) is 8.12. The van der Waals surface area contributed by atoms with Crippen LogP contribution in [-0.4, -0.2) is 46.2 Å². The molecule has 6 nitrogen and oxygen atoms in total. The van der Waals surface area contributed by atoms with Crippen molar-refractivity contribution < 1.29 is 24.2 Å². The zero-order valence-corrected chi connectivity index (χ0v) is 18.7. The van der Waals surface area contributed by atoms with Gasteiger partial charge in [-0.25, -0.2) is 9.59 Å². The van der Waals surface area contributed by atoms with Gasteiger partial charge in [0.1, 0.15) is 11.3 Å². The number of fused-ring (bicyclic) bond motifs is 2. The molecule has 0 aliphatic heterocycles. The van der Waals surface area contributed by atoms with E-state index < -0.39 is 11.9 Å². The van der Waals surface area contributed by atoms with Crippen LogP contribution < -0.4 is 0 Å². The topological polar surface area (TPSA) is 91.0 Å². The summed E-state index contributed by atoms with van der Waals surface area (Å²) in [6.07, 6.45) is 4.77. The van der Waals surface area contributed by atoms with Gasteiger partial charge in [0.25, 0.3) is 0 Å². The van der Waals surface area contributed by atoms with Gasteiger partial charge in [-0.2, -0.15) is 0 Å². The number of carboxylic acids is 2. The number of hydrogen-bond acceptors (Lipinski definition) is 4. The normalized spacial score (nSPS) is 17.5. The van der Waals surface area contributed by atoms with E-state index in [1.54, 1.807) is 0 Å². The summed E-state index contributed by atoms with van der Waals surface area (Å²) in [6, 6.07) is 20.1. The number of nitrogens with zero attached hydrogens (tertiary/aromatic N) is 1. The van der Waals surface area contributed by atoms with Crippen LogP contribution in [0.4, 0.5) is 0 Å². The van der Waals surface area contributed by atoms with E-state index in [1.165, 1.54) is 42.2 Å². The lowest BCUT2D eigenvalue weighted by Gasteiger charge is -2.40. The van der Waals surface area contributed by atoms with Gasteiger partial charge >= 0.3 is 11.9 Å². The smallest absolute Gasteiger partial charge is 0.414 e. The van der Waals surface area contributed by atoms with Crippen LogP contribution in [0, 0.1) is 0 Å². The van der Waals surface area contributed by atoms with Crippen LogP contribution in [0.5, 0.6) is 0 Å². The summed E-state index contributed by atoms with van der Waals surface area (Å²) in [5.74, 6) is -2.20. The molecule has 1 aromatic heterocycles. The maximum absolute atomic E-state index is 9.10. The second-order valence-electron chi connectivity index (χ2n) is 8.12. The summed E-state index contributed by atoms with van der Waals surface area (Å²) in [6.45, 7) is 6.90. The summed E-state index contributed by atoms with van der Waals surface area (Å²) < 4.78 is 6.37. The summed E-state index contributed by atoms with van der Waals surface area (Å²) >= 11 is 0. The summed E-state index contributed by atoms with van der Waals surface area (Å²) in [5.41, 5.74) is 3.95. The zero-order chi connectivity index (χ0) is 23.1.